The van der Waals surface area contributed by atoms with Crippen molar-refractivity contribution in [3.8, 4) is 11.1 Å². The number of carbonyl (C=O) groups excluding carboxylic acids is 2. The monoisotopic (exact) mass is 478 g/mol. The first kappa shape index (κ1) is 24.8. The van der Waals surface area contributed by atoms with Gasteiger partial charge in [0.2, 0.25) is 5.91 Å². The second kappa shape index (κ2) is 10.5. The number of rotatable bonds is 8. The molecule has 2 N–H and O–H groups in total. The second-order valence-electron chi connectivity index (χ2n) is 10.1. The summed E-state index contributed by atoms with van der Waals surface area (Å²) >= 11 is 0. The van der Waals surface area contributed by atoms with E-state index >= 15 is 0 Å². The summed E-state index contributed by atoms with van der Waals surface area (Å²) in [5.41, 5.74) is 4.63. The van der Waals surface area contributed by atoms with Crippen molar-refractivity contribution in [3.05, 3.63) is 59.7 Å². The van der Waals surface area contributed by atoms with Crippen molar-refractivity contribution >= 4 is 18.0 Å². The fourth-order valence-electron chi connectivity index (χ4n) is 5.65. The third kappa shape index (κ3) is 5.34. The molecule has 2 aliphatic rings. The summed E-state index contributed by atoms with van der Waals surface area (Å²) in [6.07, 6.45) is 0.226. The van der Waals surface area contributed by atoms with E-state index in [1.807, 2.05) is 45.0 Å². The van der Waals surface area contributed by atoms with Crippen LogP contribution in [0.5, 0.6) is 0 Å². The molecule has 1 heterocycles. The second-order valence-corrected chi connectivity index (χ2v) is 10.1. The zero-order chi connectivity index (χ0) is 25.1. The van der Waals surface area contributed by atoms with Gasteiger partial charge in [-0.25, -0.2) is 4.79 Å². The summed E-state index contributed by atoms with van der Waals surface area (Å²) in [4.78, 5) is 38.8. The van der Waals surface area contributed by atoms with Crippen LogP contribution < -0.4 is 5.32 Å². The minimum Gasteiger partial charge on any atom is -0.481 e. The van der Waals surface area contributed by atoms with Crippen molar-refractivity contribution in [3.63, 3.8) is 0 Å². The largest absolute Gasteiger partial charge is 0.481 e. The van der Waals surface area contributed by atoms with Crippen LogP contribution >= 0.6 is 0 Å². The Balaban J connectivity index is 1.37. The molecule has 4 rings (SSSR count). The van der Waals surface area contributed by atoms with Gasteiger partial charge in [0.15, 0.2) is 0 Å². The van der Waals surface area contributed by atoms with E-state index in [9.17, 15) is 14.4 Å². The number of hydrogen-bond donors (Lipinski definition) is 2. The van der Waals surface area contributed by atoms with Crippen molar-refractivity contribution in [1.29, 1.82) is 0 Å². The molecule has 0 aromatic heterocycles. The van der Waals surface area contributed by atoms with Crippen LogP contribution in [0.4, 0.5) is 4.79 Å². The molecule has 0 spiro atoms. The molecule has 35 heavy (non-hydrogen) atoms. The molecule has 3 atom stereocenters. The normalized spacial score (nSPS) is 18.6. The number of carboxylic acid groups (broad SMARTS) is 1. The van der Waals surface area contributed by atoms with Gasteiger partial charge in [0.1, 0.15) is 6.61 Å². The van der Waals surface area contributed by atoms with Gasteiger partial charge in [-0.05, 0) is 47.4 Å². The lowest BCUT2D eigenvalue weighted by Crippen LogP contribution is -2.48. The molecular formula is C28H34N2O5. The number of benzene rings is 2. The SMILES string of the molecule is CC(C)C(C(=O)N1CCC(CC(=O)O)C1)C(C)NC(=O)OCC1c2ccccc2-c2ccccc21. The summed E-state index contributed by atoms with van der Waals surface area (Å²) in [6, 6.07) is 15.9. The molecule has 186 valence electrons. The highest BCUT2D eigenvalue weighted by atomic mass is 16.5. The van der Waals surface area contributed by atoms with E-state index in [4.69, 9.17) is 9.84 Å². The van der Waals surface area contributed by atoms with Crippen molar-refractivity contribution in [1.82, 2.24) is 10.2 Å². The van der Waals surface area contributed by atoms with Crippen LogP contribution in [0.15, 0.2) is 48.5 Å². The maximum Gasteiger partial charge on any atom is 0.407 e. The van der Waals surface area contributed by atoms with Crippen LogP contribution in [0.2, 0.25) is 0 Å². The Morgan fingerprint density at radius 2 is 1.63 bits per heavy atom. The highest BCUT2D eigenvalue weighted by Gasteiger charge is 2.37. The van der Waals surface area contributed by atoms with Crippen LogP contribution in [-0.4, -0.2) is 53.7 Å². The Bertz CT molecular complexity index is 1050. The first-order valence-corrected chi connectivity index (χ1v) is 12.4. The number of aliphatic carboxylic acids is 1. The van der Waals surface area contributed by atoms with E-state index in [2.05, 4.69) is 29.6 Å². The third-order valence-corrected chi connectivity index (χ3v) is 7.29. The molecule has 3 unspecified atom stereocenters. The van der Waals surface area contributed by atoms with E-state index in [1.165, 1.54) is 11.1 Å². The van der Waals surface area contributed by atoms with Crippen molar-refractivity contribution < 1.29 is 24.2 Å². The van der Waals surface area contributed by atoms with Gasteiger partial charge in [0, 0.05) is 31.5 Å². The lowest BCUT2D eigenvalue weighted by Gasteiger charge is -2.31. The fraction of sp³-hybridized carbons (Fsp3) is 0.464. The molecule has 7 heteroatoms. The molecule has 2 aromatic rings. The summed E-state index contributed by atoms with van der Waals surface area (Å²) < 4.78 is 5.67. The zero-order valence-corrected chi connectivity index (χ0v) is 20.6. The molecule has 1 aliphatic heterocycles. The van der Waals surface area contributed by atoms with Gasteiger partial charge in [-0.15, -0.1) is 0 Å². The van der Waals surface area contributed by atoms with Gasteiger partial charge >= 0.3 is 12.1 Å². The first-order valence-electron chi connectivity index (χ1n) is 12.4. The van der Waals surface area contributed by atoms with E-state index in [-0.39, 0.29) is 36.7 Å². The average Bonchev–Trinajstić information content (AvgIpc) is 3.39. The molecule has 1 aliphatic carbocycles. The fourth-order valence-corrected chi connectivity index (χ4v) is 5.65. The number of carbonyl (C=O) groups is 3. The number of amides is 2. The molecule has 7 nitrogen and oxygen atoms in total. The third-order valence-electron chi connectivity index (χ3n) is 7.29. The number of nitrogens with zero attached hydrogens (tertiary/aromatic N) is 1. The van der Waals surface area contributed by atoms with Gasteiger partial charge in [-0.1, -0.05) is 62.4 Å². The number of carboxylic acids is 1. The number of fused-ring (bicyclic) bond motifs is 3. The molecule has 2 aromatic carbocycles. The molecule has 2 amide bonds. The predicted molar refractivity (Wildman–Crippen MR) is 133 cm³/mol. The van der Waals surface area contributed by atoms with Crippen molar-refractivity contribution in [2.45, 2.75) is 45.6 Å². The molecule has 0 bridgehead atoms. The predicted octanol–water partition coefficient (Wildman–Crippen LogP) is 4.51. The summed E-state index contributed by atoms with van der Waals surface area (Å²) in [7, 11) is 0. The zero-order valence-electron chi connectivity index (χ0n) is 20.6. The summed E-state index contributed by atoms with van der Waals surface area (Å²) in [5.74, 6) is -1.34. The molecular weight excluding hydrogens is 444 g/mol. The summed E-state index contributed by atoms with van der Waals surface area (Å²) in [6.45, 7) is 6.97. The topological polar surface area (TPSA) is 95.9 Å². The van der Waals surface area contributed by atoms with Crippen LogP contribution in [-0.2, 0) is 14.3 Å². The maximum absolute atomic E-state index is 13.3. The first-order chi connectivity index (χ1) is 16.8. The number of ether oxygens (including phenoxy) is 1. The van der Waals surface area contributed by atoms with Crippen LogP contribution in [0.3, 0.4) is 0 Å². The van der Waals surface area contributed by atoms with Crippen LogP contribution in [0.25, 0.3) is 11.1 Å². The Morgan fingerprint density at radius 1 is 1.03 bits per heavy atom. The highest BCUT2D eigenvalue weighted by molar-refractivity contribution is 5.81. The van der Waals surface area contributed by atoms with Crippen LogP contribution in [0.1, 0.15) is 50.7 Å². The minimum atomic E-state index is -0.838. The van der Waals surface area contributed by atoms with Gasteiger partial charge in [0.25, 0.3) is 0 Å². The molecule has 1 fully saturated rings. The Kier molecular flexibility index (Phi) is 7.43. The van der Waals surface area contributed by atoms with E-state index in [1.54, 1.807) is 4.90 Å². The van der Waals surface area contributed by atoms with E-state index in [0.717, 1.165) is 11.1 Å². The van der Waals surface area contributed by atoms with E-state index < -0.39 is 24.0 Å². The lowest BCUT2D eigenvalue weighted by atomic mass is 9.88. The van der Waals surface area contributed by atoms with Gasteiger partial charge < -0.3 is 20.1 Å². The number of nitrogens with one attached hydrogen (secondary N) is 1. The van der Waals surface area contributed by atoms with E-state index in [0.29, 0.717) is 19.5 Å². The number of alkyl carbamates (subject to hydrolysis) is 1. The Hall–Kier alpha value is -3.35. The summed E-state index contributed by atoms with van der Waals surface area (Å²) in [5, 5.41) is 11.9. The number of hydrogen-bond acceptors (Lipinski definition) is 4. The highest BCUT2D eigenvalue weighted by Crippen LogP contribution is 2.44. The molecule has 1 saturated heterocycles. The smallest absolute Gasteiger partial charge is 0.407 e. The molecule has 0 radical (unpaired) electrons. The van der Waals surface area contributed by atoms with Gasteiger partial charge in [0.05, 0.1) is 5.92 Å². The van der Waals surface area contributed by atoms with Crippen molar-refractivity contribution in [2.24, 2.45) is 17.8 Å². The molecule has 0 saturated carbocycles. The van der Waals surface area contributed by atoms with Crippen molar-refractivity contribution in [2.75, 3.05) is 19.7 Å². The Morgan fingerprint density at radius 3 is 2.20 bits per heavy atom. The number of likely N-dealkylation sites (tertiary alicyclic amines) is 1. The Labute approximate surface area is 206 Å². The lowest BCUT2D eigenvalue weighted by molar-refractivity contribution is -0.139. The quantitative estimate of drug-likeness (QED) is 0.582. The standard InChI is InChI=1S/C28H34N2O5/c1-17(2)26(27(33)30-13-12-19(15-30)14-25(31)32)18(3)29-28(34)35-16-24-22-10-6-4-8-20(22)21-9-5-7-11-23(21)24/h4-11,17-19,24,26H,12-16H2,1-3H3,(H,29,34)(H,31,32). The van der Waals surface area contributed by atoms with Crippen LogP contribution in [0, 0.1) is 17.8 Å². The van der Waals surface area contributed by atoms with Gasteiger partial charge in [-0.2, -0.15) is 0 Å². The minimum absolute atomic E-state index is 0.00455. The average molecular weight is 479 g/mol. The van der Waals surface area contributed by atoms with Gasteiger partial charge in [-0.3, -0.25) is 9.59 Å². The maximum atomic E-state index is 13.3.